The quantitative estimate of drug-likeness (QED) is 0.137. The molecular formula is C102H66N4. The van der Waals surface area contributed by atoms with Crippen LogP contribution in [0.25, 0.3) is 198 Å². The van der Waals surface area contributed by atoms with Gasteiger partial charge in [0.2, 0.25) is 0 Å². The second-order valence-corrected chi connectivity index (χ2v) is 27.9. The molecule has 0 saturated carbocycles. The third kappa shape index (κ3) is 10.1. The minimum absolute atomic E-state index is 1.15. The fourth-order valence-corrected chi connectivity index (χ4v) is 17.0. The van der Waals surface area contributed by atoms with Gasteiger partial charge in [-0.2, -0.15) is 0 Å². The van der Waals surface area contributed by atoms with Gasteiger partial charge in [-0.05, 0) is 203 Å². The molecule has 4 heterocycles. The summed E-state index contributed by atoms with van der Waals surface area (Å²) in [5.74, 6) is 0. The molecule has 0 spiro atoms. The highest BCUT2D eigenvalue weighted by atomic mass is 15.0. The lowest BCUT2D eigenvalue weighted by Gasteiger charge is -2.12. The first kappa shape index (κ1) is 60.7. The number of nitrogens with zero attached hydrogens (tertiary/aromatic N) is 4. The smallest absolute Gasteiger partial charge is 0.0548 e. The first-order valence-corrected chi connectivity index (χ1v) is 36.5. The van der Waals surface area contributed by atoms with Crippen molar-refractivity contribution in [2.75, 3.05) is 0 Å². The molecule has 0 N–H and O–H groups in total. The van der Waals surface area contributed by atoms with Crippen LogP contribution in [0, 0.1) is 0 Å². The average Bonchev–Trinajstić information content (AvgIpc) is 1.55. The van der Waals surface area contributed by atoms with Gasteiger partial charge < -0.3 is 18.3 Å². The summed E-state index contributed by atoms with van der Waals surface area (Å²) in [5, 5.41) is 17.6. The topological polar surface area (TPSA) is 19.7 Å². The van der Waals surface area contributed by atoms with Crippen LogP contribution >= 0.6 is 0 Å². The molecule has 0 bridgehead atoms. The predicted molar refractivity (Wildman–Crippen MR) is 450 cm³/mol. The van der Waals surface area contributed by atoms with Gasteiger partial charge in [0.15, 0.2) is 0 Å². The Bertz CT molecular complexity index is 7230. The van der Waals surface area contributed by atoms with Crippen LogP contribution in [0.4, 0.5) is 0 Å². The van der Waals surface area contributed by atoms with E-state index in [1.165, 1.54) is 181 Å². The van der Waals surface area contributed by atoms with E-state index < -0.39 is 0 Å². The Hall–Kier alpha value is -14.1. The Kier molecular flexibility index (Phi) is 14.2. The van der Waals surface area contributed by atoms with Gasteiger partial charge in [0, 0.05) is 65.8 Å². The van der Waals surface area contributed by atoms with E-state index in [1.54, 1.807) is 0 Å². The Labute approximate surface area is 612 Å². The Morgan fingerprint density at radius 2 is 0.415 bits per heavy atom. The molecule has 0 amide bonds. The predicted octanol–water partition coefficient (Wildman–Crippen LogP) is 27.6. The molecule has 494 valence electrons. The van der Waals surface area contributed by atoms with Crippen LogP contribution < -0.4 is 0 Å². The van der Waals surface area contributed by atoms with Crippen molar-refractivity contribution >= 4 is 120 Å². The second-order valence-electron chi connectivity index (χ2n) is 27.9. The average molecular weight is 1350 g/mol. The van der Waals surface area contributed by atoms with Gasteiger partial charge in [-0.3, -0.25) is 0 Å². The first-order chi connectivity index (χ1) is 52.6. The maximum atomic E-state index is 2.48. The van der Waals surface area contributed by atoms with Crippen molar-refractivity contribution in [3.05, 3.63) is 400 Å². The van der Waals surface area contributed by atoms with Gasteiger partial charge in [-0.15, -0.1) is 0 Å². The van der Waals surface area contributed by atoms with Crippen LogP contribution in [-0.2, 0) is 0 Å². The lowest BCUT2D eigenvalue weighted by Crippen LogP contribution is -1.95. The van der Waals surface area contributed by atoms with E-state index in [4.69, 9.17) is 0 Å². The molecule has 0 aliphatic carbocycles. The molecule has 0 saturated heterocycles. The number of aromatic nitrogens is 4. The monoisotopic (exact) mass is 1350 g/mol. The molecule has 0 atom stereocenters. The number of benzene rings is 18. The number of para-hydroxylation sites is 2. The summed E-state index contributed by atoms with van der Waals surface area (Å²) in [4.78, 5) is 0. The molecule has 4 aromatic heterocycles. The summed E-state index contributed by atoms with van der Waals surface area (Å²) < 4.78 is 9.81. The summed E-state index contributed by atoms with van der Waals surface area (Å²) in [6.45, 7) is 0. The Morgan fingerprint density at radius 3 is 0.925 bits per heavy atom. The number of rotatable bonds is 9. The van der Waals surface area contributed by atoms with Gasteiger partial charge in [-0.25, -0.2) is 0 Å². The van der Waals surface area contributed by atoms with Crippen LogP contribution in [0.15, 0.2) is 400 Å². The summed E-state index contributed by atoms with van der Waals surface area (Å²) >= 11 is 0. The molecule has 4 heteroatoms. The summed E-state index contributed by atoms with van der Waals surface area (Å²) in [5.41, 5.74) is 26.3. The van der Waals surface area contributed by atoms with Gasteiger partial charge in [0.1, 0.15) is 0 Å². The van der Waals surface area contributed by atoms with Crippen molar-refractivity contribution in [3.8, 4) is 78.4 Å². The minimum Gasteiger partial charge on any atom is -0.309 e. The van der Waals surface area contributed by atoms with Crippen LogP contribution in [0.1, 0.15) is 0 Å². The van der Waals surface area contributed by atoms with E-state index >= 15 is 0 Å². The molecule has 22 aromatic rings. The highest BCUT2D eigenvalue weighted by molar-refractivity contribution is 6.31. The van der Waals surface area contributed by atoms with Crippen LogP contribution in [0.2, 0.25) is 0 Å². The molecule has 0 fully saturated rings. The fourth-order valence-electron chi connectivity index (χ4n) is 17.0. The van der Waals surface area contributed by atoms with Gasteiger partial charge in [0.05, 0.1) is 44.1 Å². The number of hydrogen-bond acceptors (Lipinski definition) is 0. The van der Waals surface area contributed by atoms with E-state index in [0.717, 1.165) is 17.1 Å². The van der Waals surface area contributed by atoms with Gasteiger partial charge >= 0.3 is 0 Å². The molecule has 0 aliphatic rings. The van der Waals surface area contributed by atoms with Crippen LogP contribution in [0.5, 0.6) is 0 Å². The zero-order valence-electron chi connectivity index (χ0n) is 57.9. The summed E-state index contributed by atoms with van der Waals surface area (Å²) in [6, 6.07) is 146. The van der Waals surface area contributed by atoms with Crippen molar-refractivity contribution in [1.82, 2.24) is 18.3 Å². The third-order valence-electron chi connectivity index (χ3n) is 21.9. The molecular weight excluding hydrogens is 1280 g/mol. The van der Waals surface area contributed by atoms with Crippen molar-refractivity contribution in [3.63, 3.8) is 0 Å². The lowest BCUT2D eigenvalue weighted by atomic mass is 10.0. The molecule has 106 heavy (non-hydrogen) atoms. The zero-order valence-corrected chi connectivity index (χ0v) is 57.9. The largest absolute Gasteiger partial charge is 0.309 e. The summed E-state index contributed by atoms with van der Waals surface area (Å²) in [7, 11) is 0. The molecule has 22 rings (SSSR count). The highest BCUT2D eigenvalue weighted by Gasteiger charge is 2.24. The maximum Gasteiger partial charge on any atom is 0.0548 e. The lowest BCUT2D eigenvalue weighted by molar-refractivity contribution is 1.17. The maximum absolute atomic E-state index is 2.48. The summed E-state index contributed by atoms with van der Waals surface area (Å²) in [6.07, 6.45) is 0. The van der Waals surface area contributed by atoms with Crippen LogP contribution in [0.3, 0.4) is 0 Å². The molecule has 0 unspecified atom stereocenters. The number of hydrogen-bond donors (Lipinski definition) is 0. The molecule has 0 aliphatic heterocycles. The van der Waals surface area contributed by atoms with E-state index in [-0.39, 0.29) is 0 Å². The second kappa shape index (κ2) is 24.9. The SMILES string of the molecule is c1ccc(-c2ccc(-n3c4ccccc4c4c5c6cc(-c7ccccc7)ccc6n(-c6cccc(-c7ccc8ccccc8c7)c6)c5ccc43)cc2)cc1.c1ccc(-c2ccc3c4c5c6ccccc6n(-c6ccc7ccccc7c6)c5ccc4n(-c4cccc(-c5ccc6ccccc6c5)c4)c3c2)cc1. The zero-order chi connectivity index (χ0) is 69.8. The van der Waals surface area contributed by atoms with Gasteiger partial charge in [-0.1, -0.05) is 285 Å². The van der Waals surface area contributed by atoms with E-state index in [1.807, 2.05) is 0 Å². The number of fused-ring (bicyclic) bond motifs is 17. The van der Waals surface area contributed by atoms with Crippen LogP contribution in [-0.4, -0.2) is 18.3 Å². The van der Waals surface area contributed by atoms with E-state index in [0.29, 0.717) is 0 Å². The standard InChI is InChI=1S/C52H34N2.C50H32N2/c1-3-12-35(13-4-1)38-24-27-43(28-25-38)53-47-21-10-9-20-45(47)51-49(53)30-31-50-52(51)46-34-42(36-14-5-2-6-15-36)26-29-48(46)54(50)44-19-11-18-40(33-44)41-23-22-37-16-7-8-17-39(37)32-41;1-2-11-33(12-3-1)40-24-26-44-48(32-40)52(41-18-10-17-38(31-41)39-22-21-34-13-4-6-15-36(34)29-39)47-28-27-46-49(50(44)47)43-19-8-9-20-45(43)51(46)42-25-23-35-14-5-7-16-37(35)30-42/h1-34H;1-32H. The van der Waals surface area contributed by atoms with Gasteiger partial charge in [0.25, 0.3) is 0 Å². The Balaban J connectivity index is 0.000000136. The minimum atomic E-state index is 1.15. The van der Waals surface area contributed by atoms with E-state index in [9.17, 15) is 0 Å². The molecule has 4 nitrogen and oxygen atoms in total. The van der Waals surface area contributed by atoms with Crippen molar-refractivity contribution in [2.45, 2.75) is 0 Å². The first-order valence-electron chi connectivity index (χ1n) is 36.5. The Morgan fingerprint density at radius 1 is 0.123 bits per heavy atom. The molecule has 0 radical (unpaired) electrons. The highest BCUT2D eigenvalue weighted by Crippen LogP contribution is 2.47. The van der Waals surface area contributed by atoms with Crippen molar-refractivity contribution < 1.29 is 0 Å². The van der Waals surface area contributed by atoms with Crippen molar-refractivity contribution in [1.29, 1.82) is 0 Å². The van der Waals surface area contributed by atoms with E-state index in [2.05, 4.69) is 419 Å². The van der Waals surface area contributed by atoms with Crippen molar-refractivity contribution in [2.24, 2.45) is 0 Å². The third-order valence-corrected chi connectivity index (χ3v) is 21.9. The normalized spacial score (nSPS) is 11.8. The fraction of sp³-hybridized carbons (Fsp3) is 0. The molecule has 18 aromatic carbocycles.